The highest BCUT2D eigenvalue weighted by Gasteiger charge is 2.22. The third-order valence-corrected chi connectivity index (χ3v) is 6.32. The Morgan fingerprint density at radius 3 is 1.88 bits per heavy atom. The molecule has 0 saturated heterocycles. The van der Waals surface area contributed by atoms with Crippen molar-refractivity contribution >= 4 is 24.1 Å². The van der Waals surface area contributed by atoms with E-state index < -0.39 is 7.92 Å². The van der Waals surface area contributed by atoms with Crippen molar-refractivity contribution < 1.29 is 4.39 Å². The Kier molecular flexibility index (Phi) is 4.41. The van der Waals surface area contributed by atoms with Gasteiger partial charge in [0.1, 0.15) is 11.4 Å². The van der Waals surface area contributed by atoms with Crippen molar-refractivity contribution in [1.29, 1.82) is 0 Å². The van der Waals surface area contributed by atoms with Crippen molar-refractivity contribution in [3.05, 3.63) is 103 Å². The fourth-order valence-electron chi connectivity index (χ4n) is 2.83. The molecule has 0 fully saturated rings. The van der Waals surface area contributed by atoms with Gasteiger partial charge in [-0.3, -0.25) is 4.57 Å². The van der Waals surface area contributed by atoms with E-state index in [1.165, 1.54) is 16.7 Å². The van der Waals surface area contributed by atoms with Gasteiger partial charge in [-0.15, -0.1) is 0 Å². The number of halogens is 1. The summed E-state index contributed by atoms with van der Waals surface area (Å²) in [6.45, 7) is 0. The summed E-state index contributed by atoms with van der Waals surface area (Å²) in [5, 5.41) is 2.37. The maximum absolute atomic E-state index is 14.4. The van der Waals surface area contributed by atoms with Gasteiger partial charge in [-0.2, -0.15) is 0 Å². The van der Waals surface area contributed by atoms with Crippen LogP contribution >= 0.6 is 7.92 Å². The van der Waals surface area contributed by atoms with Crippen LogP contribution in [-0.2, 0) is 0 Å². The Bertz CT molecular complexity index is 928. The average molecular weight is 346 g/mol. The second-order valence-electron chi connectivity index (χ2n) is 5.56. The molecule has 0 aliphatic carbocycles. The predicted molar refractivity (Wildman–Crippen MR) is 102 cm³/mol. The summed E-state index contributed by atoms with van der Waals surface area (Å²) in [5.41, 5.74) is 1.38. The number of benzene rings is 3. The first-order valence-corrected chi connectivity index (χ1v) is 9.37. The summed E-state index contributed by atoms with van der Waals surface area (Å²) in [6, 6.07) is 27.4. The number of nitrogens with zero attached hydrogens (tertiary/aromatic N) is 2. The summed E-state index contributed by atoms with van der Waals surface area (Å²) < 4.78 is 16.2. The van der Waals surface area contributed by atoms with E-state index in [0.717, 1.165) is 5.57 Å². The quantitative estimate of drug-likeness (QED) is 0.515. The Hall–Kier alpha value is -2.77. The van der Waals surface area contributed by atoms with Crippen LogP contribution in [0.1, 0.15) is 0 Å². The van der Waals surface area contributed by atoms with Gasteiger partial charge in [-0.05, 0) is 22.7 Å². The van der Waals surface area contributed by atoms with Crippen molar-refractivity contribution in [1.82, 2.24) is 9.55 Å². The molecule has 0 bridgehead atoms. The topological polar surface area (TPSA) is 17.8 Å². The molecule has 1 aromatic heterocycles. The van der Waals surface area contributed by atoms with E-state index in [2.05, 4.69) is 29.2 Å². The summed E-state index contributed by atoms with van der Waals surface area (Å²) >= 11 is 0. The van der Waals surface area contributed by atoms with Crippen LogP contribution in [0, 0.1) is 5.82 Å². The lowest BCUT2D eigenvalue weighted by Crippen LogP contribution is -2.27. The largest absolute Gasteiger partial charge is 0.297 e. The van der Waals surface area contributed by atoms with Gasteiger partial charge >= 0.3 is 0 Å². The van der Waals surface area contributed by atoms with Crippen LogP contribution in [0.15, 0.2) is 97.3 Å². The molecule has 2 nitrogen and oxygen atoms in total. The van der Waals surface area contributed by atoms with Crippen LogP contribution in [0.2, 0.25) is 0 Å². The molecule has 3 aromatic carbocycles. The molecule has 0 aliphatic rings. The SMILES string of the molecule is Fc1ccccc1-n1ccnc1P(c1ccccc1)c1ccccc1. The zero-order valence-electron chi connectivity index (χ0n) is 13.5. The maximum atomic E-state index is 14.4. The highest BCUT2D eigenvalue weighted by atomic mass is 31.1. The molecule has 25 heavy (non-hydrogen) atoms. The maximum Gasteiger partial charge on any atom is 0.147 e. The average Bonchev–Trinajstić information content (AvgIpc) is 3.13. The number of rotatable bonds is 4. The summed E-state index contributed by atoms with van der Waals surface area (Å²) in [6.07, 6.45) is 3.57. The van der Waals surface area contributed by atoms with Crippen molar-refractivity contribution in [2.45, 2.75) is 0 Å². The van der Waals surface area contributed by atoms with Gasteiger partial charge in [0.25, 0.3) is 0 Å². The second-order valence-corrected chi connectivity index (χ2v) is 7.66. The zero-order valence-corrected chi connectivity index (χ0v) is 14.4. The number of hydrogen-bond donors (Lipinski definition) is 0. The molecule has 0 N–H and O–H groups in total. The van der Waals surface area contributed by atoms with Crippen LogP contribution in [-0.4, -0.2) is 9.55 Å². The van der Waals surface area contributed by atoms with Gasteiger partial charge in [-0.1, -0.05) is 72.8 Å². The highest BCUT2D eigenvalue weighted by molar-refractivity contribution is 7.79. The van der Waals surface area contributed by atoms with Crippen molar-refractivity contribution in [3.63, 3.8) is 0 Å². The van der Waals surface area contributed by atoms with E-state index in [4.69, 9.17) is 0 Å². The molecule has 0 radical (unpaired) electrons. The van der Waals surface area contributed by atoms with E-state index in [1.54, 1.807) is 18.3 Å². The molecule has 0 saturated carbocycles. The van der Waals surface area contributed by atoms with E-state index in [0.29, 0.717) is 5.69 Å². The molecule has 1 heterocycles. The molecule has 122 valence electrons. The summed E-state index contributed by atoms with van der Waals surface area (Å²) in [4.78, 5) is 4.61. The van der Waals surface area contributed by atoms with Gasteiger partial charge in [-0.25, -0.2) is 9.37 Å². The third kappa shape index (κ3) is 3.11. The molecule has 0 amide bonds. The molecular weight excluding hydrogens is 330 g/mol. The first-order valence-electron chi connectivity index (χ1n) is 8.03. The number of hydrogen-bond acceptors (Lipinski definition) is 1. The molecular formula is C21H16FN2P. The molecule has 4 aromatic rings. The predicted octanol–water partition coefficient (Wildman–Crippen LogP) is 3.77. The Labute approximate surface area is 147 Å². The molecule has 4 rings (SSSR count). The fraction of sp³-hybridized carbons (Fsp3) is 0. The van der Waals surface area contributed by atoms with Gasteiger partial charge in [0.15, 0.2) is 0 Å². The monoisotopic (exact) mass is 346 g/mol. The first kappa shape index (κ1) is 15.7. The molecule has 0 atom stereocenters. The Morgan fingerprint density at radius 1 is 0.720 bits per heavy atom. The summed E-state index contributed by atoms with van der Waals surface area (Å²) in [7, 11) is -0.881. The zero-order chi connectivity index (χ0) is 17.1. The molecule has 4 heteroatoms. The minimum absolute atomic E-state index is 0.252. The normalized spacial score (nSPS) is 11.0. The van der Waals surface area contributed by atoms with Gasteiger partial charge in [0.2, 0.25) is 0 Å². The third-order valence-electron chi connectivity index (χ3n) is 3.96. The molecule has 0 spiro atoms. The summed E-state index contributed by atoms with van der Waals surface area (Å²) in [5.74, 6) is -0.252. The Morgan fingerprint density at radius 2 is 1.28 bits per heavy atom. The van der Waals surface area contributed by atoms with E-state index >= 15 is 0 Å². The molecule has 0 unspecified atom stereocenters. The van der Waals surface area contributed by atoms with Crippen LogP contribution in [0.5, 0.6) is 0 Å². The van der Waals surface area contributed by atoms with Crippen LogP contribution in [0.25, 0.3) is 5.69 Å². The van der Waals surface area contributed by atoms with Crippen molar-refractivity contribution in [2.75, 3.05) is 0 Å². The smallest absolute Gasteiger partial charge is 0.147 e. The second kappa shape index (κ2) is 7.00. The van der Waals surface area contributed by atoms with E-state index in [-0.39, 0.29) is 5.82 Å². The standard InChI is InChI=1S/C21H16FN2P/c22-19-13-7-8-14-20(19)24-16-15-23-21(24)25(17-9-3-1-4-10-17)18-11-5-2-6-12-18/h1-16H. The van der Waals surface area contributed by atoms with Gasteiger partial charge in [0.05, 0.1) is 5.69 Å². The fourth-order valence-corrected chi connectivity index (χ4v) is 5.10. The van der Waals surface area contributed by atoms with Crippen LogP contribution < -0.4 is 16.2 Å². The lowest BCUT2D eigenvalue weighted by atomic mass is 10.3. The van der Waals surface area contributed by atoms with Crippen molar-refractivity contribution in [3.8, 4) is 5.69 Å². The van der Waals surface area contributed by atoms with E-state index in [1.807, 2.05) is 53.2 Å². The van der Waals surface area contributed by atoms with Crippen LogP contribution in [0.4, 0.5) is 4.39 Å². The van der Waals surface area contributed by atoms with Gasteiger partial charge < -0.3 is 0 Å². The lowest BCUT2D eigenvalue weighted by molar-refractivity contribution is 0.619. The lowest BCUT2D eigenvalue weighted by Gasteiger charge is -2.20. The number of para-hydroxylation sites is 1. The highest BCUT2D eigenvalue weighted by Crippen LogP contribution is 2.32. The van der Waals surface area contributed by atoms with Gasteiger partial charge in [0, 0.05) is 20.3 Å². The van der Waals surface area contributed by atoms with Crippen molar-refractivity contribution in [2.24, 2.45) is 0 Å². The molecule has 0 aliphatic heterocycles. The minimum atomic E-state index is -0.881. The minimum Gasteiger partial charge on any atom is -0.297 e. The van der Waals surface area contributed by atoms with E-state index in [9.17, 15) is 4.39 Å². The Balaban J connectivity index is 1.91. The first-order chi connectivity index (χ1) is 12.3. The number of aromatic nitrogens is 2. The van der Waals surface area contributed by atoms with Crippen LogP contribution in [0.3, 0.4) is 0 Å². The number of imidazole rings is 1.